The molecule has 11 heavy (non-hydrogen) atoms. The fourth-order valence-corrected chi connectivity index (χ4v) is 3.29. The maximum Gasteiger partial charge on any atom is 0.237 e. The number of hydrogen-bond donors (Lipinski definition) is 0. The first-order valence-corrected chi connectivity index (χ1v) is 5.62. The topological polar surface area (TPSA) is 0 Å². The summed E-state index contributed by atoms with van der Waals surface area (Å²) < 4.78 is 0. The lowest BCUT2D eigenvalue weighted by molar-refractivity contribution is 1.56. The van der Waals surface area contributed by atoms with E-state index in [4.69, 9.17) is 0 Å². The Bertz CT molecular complexity index is 269. The lowest BCUT2D eigenvalue weighted by Crippen LogP contribution is -2.07. The second kappa shape index (κ2) is 3.37. The molecule has 0 nitrogen and oxygen atoms in total. The molecule has 0 fully saturated rings. The van der Waals surface area contributed by atoms with Crippen molar-refractivity contribution in [2.75, 3.05) is 11.5 Å². The summed E-state index contributed by atoms with van der Waals surface area (Å²) in [4.78, 5) is 2.87. The van der Waals surface area contributed by atoms with Gasteiger partial charge < -0.3 is 0 Å². The molecular weight excluding hydrogens is 172 g/mol. The van der Waals surface area contributed by atoms with Crippen LogP contribution in [-0.4, -0.2) is 16.4 Å². The van der Waals surface area contributed by atoms with Crippen LogP contribution in [0, 0.1) is 0 Å². The Hall–Kier alpha value is -0.340. The van der Waals surface area contributed by atoms with Gasteiger partial charge in [-0.3, -0.25) is 0 Å². The zero-order chi connectivity index (χ0) is 7.52. The van der Waals surface area contributed by atoms with Gasteiger partial charge in [-0.15, -0.1) is 11.8 Å². The van der Waals surface area contributed by atoms with Crippen LogP contribution in [0.4, 0.5) is 0 Å². The molecule has 0 amide bonds. The Morgan fingerprint density at radius 1 is 1.27 bits per heavy atom. The molecule has 0 unspecified atom stereocenters. The first kappa shape index (κ1) is 7.32. The molecule has 0 spiro atoms. The summed E-state index contributed by atoms with van der Waals surface area (Å²) in [5.74, 6) is 2.50. The van der Waals surface area contributed by atoms with Crippen LogP contribution in [0.25, 0.3) is 0 Å². The number of allylic oxidation sites excluding steroid dienone is 6. The number of thioether (sulfide) groups is 1. The van der Waals surface area contributed by atoms with E-state index in [1.807, 2.05) is 23.1 Å². The number of fused-ring (bicyclic) bond motifs is 1. The van der Waals surface area contributed by atoms with E-state index in [9.17, 15) is 0 Å². The fraction of sp³-hybridized carbons (Fsp3) is 0.222. The van der Waals surface area contributed by atoms with Crippen LogP contribution in [0.3, 0.4) is 0 Å². The average molecular weight is 181 g/mol. The quantitative estimate of drug-likeness (QED) is 0.407. The van der Waals surface area contributed by atoms with Crippen molar-refractivity contribution >= 4 is 28.0 Å². The Morgan fingerprint density at radius 3 is 3.27 bits per heavy atom. The summed E-state index contributed by atoms with van der Waals surface area (Å²) in [6.45, 7) is 0. The Balaban J connectivity index is 2.38. The van der Waals surface area contributed by atoms with Crippen LogP contribution >= 0.6 is 11.8 Å². The third kappa shape index (κ3) is 1.63. The zero-order valence-electron chi connectivity index (χ0n) is 6.12. The molecule has 1 heterocycles. The average Bonchev–Trinajstić information content (AvgIpc) is 2.28. The summed E-state index contributed by atoms with van der Waals surface area (Å²) in [7, 11) is 0. The Morgan fingerprint density at radius 2 is 2.27 bits per heavy atom. The van der Waals surface area contributed by atoms with E-state index in [1.54, 1.807) is 0 Å². The van der Waals surface area contributed by atoms with Gasteiger partial charge in [-0.25, -0.2) is 0 Å². The SMILES string of the molecule is C1=CC=C2SCC[S+]=C2C=C1. The van der Waals surface area contributed by atoms with Crippen molar-refractivity contribution < 1.29 is 0 Å². The van der Waals surface area contributed by atoms with Crippen LogP contribution in [-0.2, 0) is 11.4 Å². The summed E-state index contributed by atoms with van der Waals surface area (Å²) in [6, 6.07) is 0. The molecule has 0 aromatic rings. The minimum Gasteiger partial charge on any atom is -0.115 e. The lowest BCUT2D eigenvalue weighted by atomic mass is 10.4. The van der Waals surface area contributed by atoms with Gasteiger partial charge in [-0.2, -0.15) is 0 Å². The van der Waals surface area contributed by atoms with E-state index in [0.29, 0.717) is 0 Å². The van der Waals surface area contributed by atoms with E-state index in [1.165, 1.54) is 21.3 Å². The van der Waals surface area contributed by atoms with Crippen LogP contribution in [0.5, 0.6) is 0 Å². The molecule has 56 valence electrons. The van der Waals surface area contributed by atoms with Crippen molar-refractivity contribution in [3.8, 4) is 0 Å². The molecule has 2 aliphatic rings. The molecule has 0 bridgehead atoms. The normalized spacial score (nSPS) is 21.8. The summed E-state index contributed by atoms with van der Waals surface area (Å²) in [6.07, 6.45) is 10.7. The van der Waals surface area contributed by atoms with Crippen LogP contribution < -0.4 is 0 Å². The third-order valence-corrected chi connectivity index (χ3v) is 4.10. The Labute approximate surface area is 75.0 Å². The first-order valence-electron chi connectivity index (χ1n) is 3.65. The van der Waals surface area contributed by atoms with Gasteiger partial charge in [-0.05, 0) is 6.08 Å². The van der Waals surface area contributed by atoms with Crippen molar-refractivity contribution in [3.63, 3.8) is 0 Å². The van der Waals surface area contributed by atoms with Crippen molar-refractivity contribution in [2.45, 2.75) is 0 Å². The molecule has 0 aromatic carbocycles. The summed E-state index contributed by atoms with van der Waals surface area (Å²) >= 11 is 3.92. The lowest BCUT2D eigenvalue weighted by Gasteiger charge is -2.00. The predicted octanol–water partition coefficient (Wildman–Crippen LogP) is 2.00. The van der Waals surface area contributed by atoms with E-state index in [-0.39, 0.29) is 0 Å². The zero-order valence-corrected chi connectivity index (χ0v) is 7.75. The maximum atomic E-state index is 2.20. The smallest absolute Gasteiger partial charge is 0.115 e. The molecule has 1 aliphatic carbocycles. The number of rotatable bonds is 0. The molecule has 2 heteroatoms. The van der Waals surface area contributed by atoms with Crippen molar-refractivity contribution in [1.82, 2.24) is 0 Å². The maximum absolute atomic E-state index is 2.20. The van der Waals surface area contributed by atoms with Gasteiger partial charge in [0.05, 0.1) is 10.7 Å². The van der Waals surface area contributed by atoms with Gasteiger partial charge in [-0.1, -0.05) is 18.2 Å². The van der Waals surface area contributed by atoms with Gasteiger partial charge in [0, 0.05) is 6.08 Å². The molecule has 0 saturated carbocycles. The van der Waals surface area contributed by atoms with E-state index in [0.717, 1.165) is 0 Å². The van der Waals surface area contributed by atoms with Gasteiger partial charge >= 0.3 is 0 Å². The van der Waals surface area contributed by atoms with Gasteiger partial charge in [0.15, 0.2) is 17.1 Å². The molecule has 1 aliphatic heterocycles. The summed E-state index contributed by atoms with van der Waals surface area (Å²) in [5, 5.41) is 0. The minimum absolute atomic E-state index is 1.25. The molecule has 0 saturated heterocycles. The largest absolute Gasteiger partial charge is 0.237 e. The molecular formula is C9H9S2+. The summed E-state index contributed by atoms with van der Waals surface area (Å²) in [5.41, 5.74) is 0. The highest BCUT2D eigenvalue weighted by molar-refractivity contribution is 8.06. The second-order valence-corrected chi connectivity index (χ2v) is 4.61. The molecule has 2 rings (SSSR count). The van der Waals surface area contributed by atoms with Gasteiger partial charge in [0.2, 0.25) is 4.86 Å². The monoisotopic (exact) mass is 181 g/mol. The van der Waals surface area contributed by atoms with E-state index in [2.05, 4.69) is 30.4 Å². The highest BCUT2D eigenvalue weighted by Crippen LogP contribution is 2.22. The van der Waals surface area contributed by atoms with Crippen molar-refractivity contribution in [2.24, 2.45) is 0 Å². The molecule has 0 N–H and O–H groups in total. The van der Waals surface area contributed by atoms with Crippen LogP contribution in [0.2, 0.25) is 0 Å². The third-order valence-electron chi connectivity index (χ3n) is 1.56. The van der Waals surface area contributed by atoms with Crippen molar-refractivity contribution in [1.29, 1.82) is 0 Å². The number of hydrogen-bond acceptors (Lipinski definition) is 1. The highest BCUT2D eigenvalue weighted by Gasteiger charge is 2.19. The van der Waals surface area contributed by atoms with Crippen molar-refractivity contribution in [3.05, 3.63) is 35.3 Å². The first-order chi connectivity index (χ1) is 5.47. The standard InChI is InChI=1S/C9H9S2/c1-2-4-8-9(5-3-1)11-7-6-10-8/h1-5H,6-7H2/q+1. The van der Waals surface area contributed by atoms with Crippen LogP contribution in [0.1, 0.15) is 0 Å². The predicted molar refractivity (Wildman–Crippen MR) is 56.1 cm³/mol. The van der Waals surface area contributed by atoms with E-state index < -0.39 is 0 Å². The Kier molecular flexibility index (Phi) is 2.24. The van der Waals surface area contributed by atoms with Crippen LogP contribution in [0.15, 0.2) is 35.3 Å². The van der Waals surface area contributed by atoms with E-state index >= 15 is 0 Å². The minimum atomic E-state index is 1.25. The van der Waals surface area contributed by atoms with Gasteiger partial charge in [0.25, 0.3) is 0 Å². The molecule has 0 radical (unpaired) electrons. The molecule has 0 atom stereocenters. The van der Waals surface area contributed by atoms with Gasteiger partial charge in [0.1, 0.15) is 0 Å². The fourth-order valence-electron chi connectivity index (χ4n) is 1.06. The highest BCUT2D eigenvalue weighted by atomic mass is 32.2. The molecule has 0 aromatic heterocycles. The second-order valence-electron chi connectivity index (χ2n) is 2.34.